The van der Waals surface area contributed by atoms with Crippen molar-refractivity contribution in [1.82, 2.24) is 9.55 Å². The first-order valence-corrected chi connectivity index (χ1v) is 17.9. The first-order chi connectivity index (χ1) is 25.4. The van der Waals surface area contributed by atoms with Crippen LogP contribution in [0.25, 0.3) is 49.9 Å². The number of benzene rings is 6. The summed E-state index contributed by atoms with van der Waals surface area (Å²) in [4.78, 5) is 9.97. The molecule has 6 heteroatoms. The van der Waals surface area contributed by atoms with Crippen LogP contribution in [0.4, 0.5) is 17.1 Å². The van der Waals surface area contributed by atoms with E-state index in [0.717, 1.165) is 56.0 Å². The molecule has 3 heterocycles. The number of fused-ring (bicyclic) bond motifs is 4. The second-order valence-electron chi connectivity index (χ2n) is 14.2. The molecule has 2 aromatic heterocycles. The molecule has 1 N–H and O–H groups in total. The third-order valence-electron chi connectivity index (χ3n) is 10.3. The van der Waals surface area contributed by atoms with E-state index in [-0.39, 0.29) is 27.1 Å². The van der Waals surface area contributed by atoms with Gasteiger partial charge in [-0.05, 0) is 77.2 Å². The van der Waals surface area contributed by atoms with Crippen molar-refractivity contribution < 1.29 is 26.0 Å². The zero-order valence-corrected chi connectivity index (χ0v) is 32.3. The summed E-state index contributed by atoms with van der Waals surface area (Å²) < 4.78 is 2.26. The smallest absolute Gasteiger partial charge is 0.145 e. The Labute approximate surface area is 325 Å². The predicted molar refractivity (Wildman–Crippen MR) is 214 cm³/mol. The fraction of sp³-hybridized carbons (Fsp3) is 0.128. The van der Waals surface area contributed by atoms with Gasteiger partial charge < -0.3 is 4.57 Å². The topological polar surface area (TPSA) is 37.1 Å². The van der Waals surface area contributed by atoms with Crippen LogP contribution >= 0.6 is 0 Å². The molecular formula is C47H39N4OPt-. The third-order valence-corrected chi connectivity index (χ3v) is 10.3. The van der Waals surface area contributed by atoms with Gasteiger partial charge in [0, 0.05) is 38.5 Å². The van der Waals surface area contributed by atoms with Crippen molar-refractivity contribution in [1.29, 1.82) is 0 Å². The fourth-order valence-corrected chi connectivity index (χ4v) is 7.49. The molecule has 6 aromatic carbocycles. The van der Waals surface area contributed by atoms with Crippen LogP contribution < -0.4 is 10.1 Å². The summed E-state index contributed by atoms with van der Waals surface area (Å²) in [6.45, 7) is 8.83. The summed E-state index contributed by atoms with van der Waals surface area (Å²) in [7, 11) is 0. The van der Waals surface area contributed by atoms with Crippen LogP contribution in [-0.4, -0.2) is 20.5 Å². The van der Waals surface area contributed by atoms with Gasteiger partial charge in [0.1, 0.15) is 17.2 Å². The van der Waals surface area contributed by atoms with Crippen LogP contribution in [0, 0.1) is 12.1 Å². The molecule has 0 spiro atoms. The van der Waals surface area contributed by atoms with E-state index in [0.29, 0.717) is 0 Å². The van der Waals surface area contributed by atoms with E-state index in [1.165, 1.54) is 22.1 Å². The molecule has 53 heavy (non-hydrogen) atoms. The number of nitrogens with zero attached hydrogens (tertiary/aromatic N) is 4. The van der Waals surface area contributed by atoms with Crippen LogP contribution in [0.15, 0.2) is 152 Å². The molecule has 1 aliphatic heterocycles. The number of hydrogen-bond donors (Lipinski definition) is 0. The molecule has 0 fully saturated rings. The first kappa shape index (κ1) is 34.6. The molecule has 0 atom stereocenters. The number of hydroxylamine groups is 1. The van der Waals surface area contributed by atoms with Gasteiger partial charge in [0.25, 0.3) is 0 Å². The van der Waals surface area contributed by atoms with Crippen LogP contribution in [-0.2, 0) is 26.5 Å². The zero-order chi connectivity index (χ0) is 35.4. The monoisotopic (exact) mass is 870 g/mol. The van der Waals surface area contributed by atoms with E-state index in [1.807, 2.05) is 11.3 Å². The van der Waals surface area contributed by atoms with E-state index >= 15 is 0 Å². The predicted octanol–water partition coefficient (Wildman–Crippen LogP) is 11.6. The summed E-state index contributed by atoms with van der Waals surface area (Å²) in [6, 6.07) is 59.1. The van der Waals surface area contributed by atoms with E-state index in [2.05, 4.69) is 195 Å². The maximum Gasteiger partial charge on any atom is 0.145 e. The molecule has 9 rings (SSSR count). The van der Waals surface area contributed by atoms with Crippen molar-refractivity contribution in [2.75, 3.05) is 10.1 Å². The molecule has 264 valence electrons. The summed E-state index contributed by atoms with van der Waals surface area (Å²) in [5.41, 5.74) is 11.6. The molecule has 0 bridgehead atoms. The zero-order valence-electron chi connectivity index (χ0n) is 30.1. The number of rotatable bonds is 7. The minimum absolute atomic E-state index is 0. The molecule has 0 radical (unpaired) electrons. The fourth-order valence-electron chi connectivity index (χ4n) is 7.49. The maximum absolute atomic E-state index is 5.00. The Kier molecular flexibility index (Phi) is 9.02. The Bertz CT molecular complexity index is 2590. The van der Waals surface area contributed by atoms with Gasteiger partial charge in [-0.1, -0.05) is 104 Å². The number of pyridine rings is 1. The van der Waals surface area contributed by atoms with Gasteiger partial charge in [-0.15, -0.1) is 27.6 Å². The van der Waals surface area contributed by atoms with Gasteiger partial charge >= 0.3 is 0 Å². The molecule has 0 saturated heterocycles. The Balaban J connectivity index is 0.00000400. The van der Waals surface area contributed by atoms with Gasteiger partial charge in [0.15, 0.2) is 0 Å². The maximum atomic E-state index is 5.00. The van der Waals surface area contributed by atoms with E-state index < -0.39 is 5.41 Å². The van der Waals surface area contributed by atoms with Crippen molar-refractivity contribution in [2.45, 2.75) is 39.2 Å². The normalized spacial score (nSPS) is 12.8. The average Bonchev–Trinajstić information content (AvgIpc) is 3.75. The quantitative estimate of drug-likeness (QED) is 0.118. The number of hydrogen-bond acceptors (Lipinski definition) is 3. The van der Waals surface area contributed by atoms with E-state index in [4.69, 9.17) is 9.92 Å². The minimum atomic E-state index is -0.410. The van der Waals surface area contributed by atoms with Gasteiger partial charge in [-0.25, -0.2) is 4.98 Å². The average molecular weight is 871 g/mol. The van der Waals surface area contributed by atoms with Gasteiger partial charge in [0.2, 0.25) is 0 Å². The van der Waals surface area contributed by atoms with Gasteiger partial charge in [-0.2, -0.15) is 46.4 Å². The molecule has 0 aliphatic carbocycles. The Hall–Kier alpha value is -5.48. The standard InChI is InChI=1S/C47H38N4O.Pt/c1-32(2)50-43-23-12-13-24-44(43)51(52-50)37-18-14-17-35(30-37)47(3,4)36-25-26-41-40-21-10-11-22-42(40)49(45(41)31-36)46-29-34(27-28-48-46)39-20-9-8-19-38(39)33-15-6-5-7-16-33;/h5-29,32H,1-4H3;/q-2;/p+1. The van der Waals surface area contributed by atoms with Crippen molar-refractivity contribution in [3.8, 4) is 28.1 Å². The van der Waals surface area contributed by atoms with Crippen LogP contribution in [0.5, 0.6) is 0 Å². The SMILES string of the molecule is CC(C)N1[OH+]N(c2[c-]c(C(C)(C)c3[c-]c4c(cc3)c3ccccc3n4-c3cc(-c4ccccc4-c4ccccc4)ccn3)ccc2)c2ccccc21.[Pt]. The summed E-state index contributed by atoms with van der Waals surface area (Å²) in [5, 5.41) is 6.40. The number of aromatic nitrogens is 2. The Morgan fingerprint density at radius 2 is 1.30 bits per heavy atom. The molecule has 1 aliphatic rings. The number of para-hydroxylation sites is 3. The molecule has 0 amide bonds. The van der Waals surface area contributed by atoms with Crippen molar-refractivity contribution in [2.24, 2.45) is 0 Å². The van der Waals surface area contributed by atoms with E-state index in [1.54, 1.807) is 0 Å². The molecule has 8 aromatic rings. The van der Waals surface area contributed by atoms with Crippen LogP contribution in [0.2, 0.25) is 0 Å². The second kappa shape index (κ2) is 13.8. The van der Waals surface area contributed by atoms with Crippen molar-refractivity contribution in [3.05, 3.63) is 175 Å². The van der Waals surface area contributed by atoms with Crippen molar-refractivity contribution >= 4 is 38.9 Å². The summed E-state index contributed by atoms with van der Waals surface area (Å²) in [5.74, 6) is 0.857. The molecular weight excluding hydrogens is 832 g/mol. The van der Waals surface area contributed by atoms with Gasteiger partial charge in [-0.3, -0.25) is 0 Å². The number of anilines is 3. The largest absolute Gasteiger partial charge is 0.319 e. The second-order valence-corrected chi connectivity index (χ2v) is 14.2. The third kappa shape index (κ3) is 5.95. The van der Waals surface area contributed by atoms with Crippen molar-refractivity contribution in [3.63, 3.8) is 0 Å². The van der Waals surface area contributed by atoms with E-state index in [9.17, 15) is 0 Å². The Morgan fingerprint density at radius 3 is 2.09 bits per heavy atom. The summed E-state index contributed by atoms with van der Waals surface area (Å²) in [6.07, 6.45) is 1.92. The molecule has 0 unspecified atom stereocenters. The summed E-state index contributed by atoms with van der Waals surface area (Å²) >= 11 is 0. The van der Waals surface area contributed by atoms with Gasteiger partial charge in [0.05, 0.1) is 6.04 Å². The minimum Gasteiger partial charge on any atom is -0.319 e. The molecule has 0 saturated carbocycles. The first-order valence-electron chi connectivity index (χ1n) is 17.9. The van der Waals surface area contributed by atoms with Crippen LogP contribution in [0.1, 0.15) is 38.8 Å². The molecule has 5 nitrogen and oxygen atoms in total. The Morgan fingerprint density at radius 1 is 0.623 bits per heavy atom. The van der Waals surface area contributed by atoms with Crippen LogP contribution in [0.3, 0.4) is 0 Å².